The van der Waals surface area contributed by atoms with Gasteiger partial charge in [-0.25, -0.2) is 0 Å². The summed E-state index contributed by atoms with van der Waals surface area (Å²) in [6, 6.07) is 7.74. The van der Waals surface area contributed by atoms with Gasteiger partial charge in [0.1, 0.15) is 5.75 Å². The van der Waals surface area contributed by atoms with Gasteiger partial charge in [-0.3, -0.25) is 9.69 Å². The van der Waals surface area contributed by atoms with Crippen LogP contribution in [0.25, 0.3) is 0 Å². The molecule has 0 bridgehead atoms. The zero-order valence-corrected chi connectivity index (χ0v) is 12.9. The van der Waals surface area contributed by atoms with Crippen molar-refractivity contribution in [3.05, 3.63) is 24.3 Å². The predicted molar refractivity (Wildman–Crippen MR) is 84.3 cm³/mol. The highest BCUT2D eigenvalue weighted by Gasteiger charge is 2.23. The molecule has 1 amide bonds. The molecule has 0 aromatic heterocycles. The van der Waals surface area contributed by atoms with E-state index in [9.17, 15) is 4.79 Å². The molecule has 2 rings (SSSR count). The Kier molecular flexibility index (Phi) is 5.44. The highest BCUT2D eigenvalue weighted by molar-refractivity contribution is 5.78. The molecule has 0 saturated carbocycles. The number of hydrogen-bond donors (Lipinski definition) is 1. The summed E-state index contributed by atoms with van der Waals surface area (Å²) in [5.74, 6) is 0.683. The molecule has 1 aromatic rings. The van der Waals surface area contributed by atoms with Crippen LogP contribution in [0.3, 0.4) is 0 Å². The lowest BCUT2D eigenvalue weighted by molar-refractivity contribution is -0.135. The lowest BCUT2D eigenvalue weighted by atomic mass is 10.2. The first-order valence-corrected chi connectivity index (χ1v) is 7.60. The topological polar surface area (TPSA) is 58.8 Å². The van der Waals surface area contributed by atoms with Crippen molar-refractivity contribution < 1.29 is 9.53 Å². The van der Waals surface area contributed by atoms with Gasteiger partial charge in [0.05, 0.1) is 0 Å². The SMILES string of the molecule is CCC(C)N1CCN(C(=O)COc2cccc(N)c2)CC1. The normalized spacial score (nSPS) is 17.5. The number of nitrogens with two attached hydrogens (primary N) is 1. The summed E-state index contributed by atoms with van der Waals surface area (Å²) in [7, 11) is 0. The summed E-state index contributed by atoms with van der Waals surface area (Å²) < 4.78 is 5.51. The van der Waals surface area contributed by atoms with Crippen LogP contribution in [0.4, 0.5) is 5.69 Å². The maximum Gasteiger partial charge on any atom is 0.260 e. The van der Waals surface area contributed by atoms with E-state index in [0.717, 1.165) is 32.6 Å². The fraction of sp³-hybridized carbons (Fsp3) is 0.562. The van der Waals surface area contributed by atoms with Crippen LogP contribution in [0.1, 0.15) is 20.3 Å². The standard InChI is InChI=1S/C16H25N3O2/c1-3-13(2)18-7-9-19(10-8-18)16(20)12-21-15-6-4-5-14(17)11-15/h4-6,11,13H,3,7-10,12,17H2,1-2H3. The minimum Gasteiger partial charge on any atom is -0.484 e. The van der Waals surface area contributed by atoms with Crippen LogP contribution < -0.4 is 10.5 Å². The zero-order valence-electron chi connectivity index (χ0n) is 12.9. The molecule has 21 heavy (non-hydrogen) atoms. The smallest absolute Gasteiger partial charge is 0.260 e. The molecule has 1 aliphatic heterocycles. The molecule has 2 N–H and O–H groups in total. The fourth-order valence-electron chi connectivity index (χ4n) is 2.51. The molecule has 1 aromatic carbocycles. The molecular formula is C16H25N3O2. The first-order valence-electron chi connectivity index (χ1n) is 7.60. The van der Waals surface area contributed by atoms with Gasteiger partial charge in [0.25, 0.3) is 5.91 Å². The molecule has 0 radical (unpaired) electrons. The second kappa shape index (κ2) is 7.31. The molecule has 1 unspecified atom stereocenters. The number of carbonyl (C=O) groups excluding carboxylic acids is 1. The Balaban J connectivity index is 1.77. The van der Waals surface area contributed by atoms with E-state index < -0.39 is 0 Å². The molecule has 1 heterocycles. The van der Waals surface area contributed by atoms with Crippen molar-refractivity contribution in [2.24, 2.45) is 0 Å². The highest BCUT2D eigenvalue weighted by Crippen LogP contribution is 2.15. The summed E-state index contributed by atoms with van der Waals surface area (Å²) in [6.45, 7) is 7.96. The molecule has 1 atom stereocenters. The summed E-state index contributed by atoms with van der Waals surface area (Å²) in [5, 5.41) is 0. The van der Waals surface area contributed by atoms with Crippen LogP contribution >= 0.6 is 0 Å². The van der Waals surface area contributed by atoms with Crippen LogP contribution in [0, 0.1) is 0 Å². The lowest BCUT2D eigenvalue weighted by Crippen LogP contribution is -2.52. The average molecular weight is 291 g/mol. The summed E-state index contributed by atoms with van der Waals surface area (Å²) in [5.41, 5.74) is 6.32. The quantitative estimate of drug-likeness (QED) is 0.837. The number of ether oxygens (including phenoxy) is 1. The van der Waals surface area contributed by atoms with Crippen molar-refractivity contribution >= 4 is 11.6 Å². The number of hydrogen-bond acceptors (Lipinski definition) is 4. The van der Waals surface area contributed by atoms with Crippen molar-refractivity contribution in [1.29, 1.82) is 0 Å². The molecule has 1 aliphatic rings. The Labute approximate surface area is 126 Å². The minimum atomic E-state index is 0.0428. The minimum absolute atomic E-state index is 0.0428. The monoisotopic (exact) mass is 291 g/mol. The zero-order chi connectivity index (χ0) is 15.2. The van der Waals surface area contributed by atoms with E-state index in [1.165, 1.54) is 0 Å². The highest BCUT2D eigenvalue weighted by atomic mass is 16.5. The number of nitrogens with zero attached hydrogens (tertiary/aromatic N) is 2. The fourth-order valence-corrected chi connectivity index (χ4v) is 2.51. The molecule has 5 heteroatoms. The van der Waals surface area contributed by atoms with E-state index in [1.807, 2.05) is 17.0 Å². The van der Waals surface area contributed by atoms with Gasteiger partial charge >= 0.3 is 0 Å². The third-order valence-corrected chi connectivity index (χ3v) is 4.10. The largest absolute Gasteiger partial charge is 0.484 e. The van der Waals surface area contributed by atoms with E-state index in [0.29, 0.717) is 17.5 Å². The lowest BCUT2D eigenvalue weighted by Gasteiger charge is -2.37. The Morgan fingerprint density at radius 3 is 2.67 bits per heavy atom. The Bertz CT molecular complexity index is 470. The van der Waals surface area contributed by atoms with E-state index in [-0.39, 0.29) is 12.5 Å². The maximum atomic E-state index is 12.2. The number of benzene rings is 1. The second-order valence-corrected chi connectivity index (χ2v) is 5.54. The Hall–Kier alpha value is -1.75. The van der Waals surface area contributed by atoms with Gasteiger partial charge in [0.2, 0.25) is 0 Å². The van der Waals surface area contributed by atoms with Gasteiger partial charge in [0.15, 0.2) is 6.61 Å². The second-order valence-electron chi connectivity index (χ2n) is 5.54. The van der Waals surface area contributed by atoms with Gasteiger partial charge in [-0.1, -0.05) is 13.0 Å². The number of carbonyl (C=O) groups is 1. The van der Waals surface area contributed by atoms with Crippen LogP contribution in [0.5, 0.6) is 5.75 Å². The first kappa shape index (κ1) is 15.6. The van der Waals surface area contributed by atoms with Crippen molar-refractivity contribution in [1.82, 2.24) is 9.80 Å². The maximum absolute atomic E-state index is 12.2. The van der Waals surface area contributed by atoms with Gasteiger partial charge in [0, 0.05) is 44.0 Å². The van der Waals surface area contributed by atoms with Crippen molar-refractivity contribution in [3.8, 4) is 5.75 Å². The van der Waals surface area contributed by atoms with Crippen LogP contribution in [-0.2, 0) is 4.79 Å². The molecular weight excluding hydrogens is 266 g/mol. The summed E-state index contributed by atoms with van der Waals surface area (Å²) in [6.07, 6.45) is 1.15. The van der Waals surface area contributed by atoms with Gasteiger partial charge in [-0.15, -0.1) is 0 Å². The number of amides is 1. The number of piperazine rings is 1. The number of anilines is 1. The van der Waals surface area contributed by atoms with Crippen LogP contribution in [0.2, 0.25) is 0 Å². The predicted octanol–water partition coefficient (Wildman–Crippen LogP) is 1.59. The van der Waals surface area contributed by atoms with Gasteiger partial charge in [-0.05, 0) is 25.5 Å². The molecule has 1 saturated heterocycles. The van der Waals surface area contributed by atoms with E-state index >= 15 is 0 Å². The molecule has 0 spiro atoms. The first-order chi connectivity index (χ1) is 10.1. The third kappa shape index (κ3) is 4.36. The number of rotatable bonds is 5. The molecule has 5 nitrogen and oxygen atoms in total. The van der Waals surface area contributed by atoms with Crippen molar-refractivity contribution in [2.45, 2.75) is 26.3 Å². The van der Waals surface area contributed by atoms with E-state index in [2.05, 4.69) is 18.7 Å². The van der Waals surface area contributed by atoms with Crippen LogP contribution in [0.15, 0.2) is 24.3 Å². The summed E-state index contributed by atoms with van der Waals surface area (Å²) in [4.78, 5) is 16.5. The van der Waals surface area contributed by atoms with E-state index in [4.69, 9.17) is 10.5 Å². The van der Waals surface area contributed by atoms with Crippen molar-refractivity contribution in [2.75, 3.05) is 38.5 Å². The summed E-state index contributed by atoms with van der Waals surface area (Å²) >= 11 is 0. The van der Waals surface area contributed by atoms with Crippen LogP contribution in [-0.4, -0.2) is 54.5 Å². The Morgan fingerprint density at radius 2 is 2.05 bits per heavy atom. The molecule has 0 aliphatic carbocycles. The average Bonchev–Trinajstić information content (AvgIpc) is 2.52. The van der Waals surface area contributed by atoms with E-state index in [1.54, 1.807) is 12.1 Å². The van der Waals surface area contributed by atoms with Gasteiger partial charge < -0.3 is 15.4 Å². The molecule has 116 valence electrons. The van der Waals surface area contributed by atoms with Gasteiger partial charge in [-0.2, -0.15) is 0 Å². The number of nitrogen functional groups attached to an aromatic ring is 1. The molecule has 1 fully saturated rings. The third-order valence-electron chi connectivity index (χ3n) is 4.10. The van der Waals surface area contributed by atoms with Crippen molar-refractivity contribution in [3.63, 3.8) is 0 Å². The Morgan fingerprint density at radius 1 is 1.33 bits per heavy atom.